The van der Waals surface area contributed by atoms with Crippen LogP contribution < -0.4 is 10.8 Å². The van der Waals surface area contributed by atoms with E-state index in [4.69, 9.17) is 26.2 Å². The number of aromatic nitrogens is 4. The molecule has 51 heavy (non-hydrogen) atoms. The summed E-state index contributed by atoms with van der Waals surface area (Å²) in [5.41, 5.74) is 4.19. The molecule has 1 aliphatic rings. The van der Waals surface area contributed by atoms with Gasteiger partial charge < -0.3 is 20.3 Å². The number of carbonyl (C=O) groups is 1. The van der Waals surface area contributed by atoms with Crippen LogP contribution in [0, 0.1) is 30.1 Å². The van der Waals surface area contributed by atoms with E-state index in [1.165, 1.54) is 62.3 Å². The average molecular weight is 736 g/mol. The Bertz CT molecular complexity index is 1640. The Morgan fingerprint density at radius 3 is 2.35 bits per heavy atom. The fraction of sp³-hybridized carbons (Fsp3) is 0.600. The lowest BCUT2D eigenvalue weighted by Gasteiger charge is -2.24. The van der Waals surface area contributed by atoms with Gasteiger partial charge in [0.15, 0.2) is 28.6 Å². The molecule has 0 spiro atoms. The SMILES string of the molecule is C#C[C@]1(CO[P+](=O)N[C@@H](Cc2cc(F)cc(F)c2)C(=O)OCCCCCCCCCCCCCC)O[C@@H](n2cnc3c(N)nc(F)nc32)C[C@@H]1O. The molecule has 1 saturated heterocycles. The Morgan fingerprint density at radius 2 is 1.73 bits per heavy atom. The number of benzene rings is 1. The van der Waals surface area contributed by atoms with E-state index in [-0.39, 0.29) is 42.0 Å². The molecule has 278 valence electrons. The van der Waals surface area contributed by atoms with E-state index in [0.29, 0.717) is 12.5 Å². The van der Waals surface area contributed by atoms with Crippen molar-refractivity contribution in [2.45, 2.75) is 121 Å². The summed E-state index contributed by atoms with van der Waals surface area (Å²) in [7, 11) is -2.85. The lowest BCUT2D eigenvalue weighted by Crippen LogP contribution is -2.43. The van der Waals surface area contributed by atoms with Crippen molar-refractivity contribution in [3.05, 3.63) is 47.8 Å². The Morgan fingerprint density at radius 1 is 1.10 bits per heavy atom. The molecule has 0 bridgehead atoms. The summed E-state index contributed by atoms with van der Waals surface area (Å²) < 4.78 is 73.1. The van der Waals surface area contributed by atoms with Gasteiger partial charge in [-0.15, -0.1) is 10.9 Å². The number of hydrogen-bond acceptors (Lipinski definition) is 10. The van der Waals surface area contributed by atoms with Crippen molar-refractivity contribution in [2.24, 2.45) is 0 Å². The molecule has 16 heteroatoms. The van der Waals surface area contributed by atoms with Crippen molar-refractivity contribution in [3.63, 3.8) is 0 Å². The Balaban J connectivity index is 1.29. The van der Waals surface area contributed by atoms with E-state index in [1.807, 2.05) is 0 Å². The van der Waals surface area contributed by atoms with E-state index in [0.717, 1.165) is 31.4 Å². The van der Waals surface area contributed by atoms with Gasteiger partial charge in [0.2, 0.25) is 0 Å². The average Bonchev–Trinajstić information content (AvgIpc) is 3.66. The van der Waals surface area contributed by atoms with E-state index in [2.05, 4.69) is 32.9 Å². The number of rotatable bonds is 22. The highest BCUT2D eigenvalue weighted by molar-refractivity contribution is 7.36. The van der Waals surface area contributed by atoms with Crippen molar-refractivity contribution in [2.75, 3.05) is 18.9 Å². The first kappa shape index (κ1) is 40.1. The number of unbranched alkanes of at least 4 members (excludes halogenated alkanes) is 11. The molecule has 5 atom stereocenters. The van der Waals surface area contributed by atoms with Crippen LogP contribution in [0.4, 0.5) is 19.0 Å². The second-order valence-electron chi connectivity index (χ2n) is 12.8. The minimum absolute atomic E-state index is 0.0114. The number of aliphatic hydroxyl groups is 1. The standard InChI is InChI=1S/C35H47F3N6O6P/c1-3-5-6-7-8-9-10-11-12-13-14-15-16-48-33(46)27(19-24-17-25(36)20-26(37)18-24)43-51(47)49-22-35(4-2)28(45)21-29(50-35)44-23-40-30-31(39)41-34(38)42-32(30)44/h2,17-18,20,23,27-29,45H,3,5-16,19,21-22H2,1H3,(H,43,47)(H2,39,41,42)/q+1/t27-,28-,29+,35+/m0/s1. The van der Waals surface area contributed by atoms with Crippen LogP contribution in [0.25, 0.3) is 11.2 Å². The number of terminal acetylenes is 1. The number of aliphatic hydroxyl groups excluding tert-OH is 1. The maximum atomic E-state index is 13.9. The Kier molecular flexibility index (Phi) is 15.6. The number of hydrogen-bond donors (Lipinski definition) is 3. The molecule has 1 unspecified atom stereocenters. The molecule has 0 aliphatic carbocycles. The first-order valence-electron chi connectivity index (χ1n) is 17.5. The molecule has 0 amide bonds. The van der Waals surface area contributed by atoms with Crippen LogP contribution in [0.5, 0.6) is 0 Å². The van der Waals surface area contributed by atoms with Crippen LogP contribution in [-0.4, -0.2) is 61.6 Å². The predicted octanol–water partition coefficient (Wildman–Crippen LogP) is 6.60. The third-order valence-electron chi connectivity index (χ3n) is 8.83. The van der Waals surface area contributed by atoms with Crippen molar-refractivity contribution in [1.82, 2.24) is 24.6 Å². The lowest BCUT2D eigenvalue weighted by atomic mass is 9.99. The molecule has 3 heterocycles. The van der Waals surface area contributed by atoms with E-state index in [1.54, 1.807) is 0 Å². The van der Waals surface area contributed by atoms with Gasteiger partial charge in [-0.1, -0.05) is 88.6 Å². The molecule has 3 aromatic rings. The summed E-state index contributed by atoms with van der Waals surface area (Å²) in [6.45, 7) is 1.74. The minimum Gasteiger partial charge on any atom is -0.464 e. The predicted molar refractivity (Wildman–Crippen MR) is 185 cm³/mol. The number of nitrogens with one attached hydrogen (secondary N) is 1. The number of ether oxygens (including phenoxy) is 2. The summed E-state index contributed by atoms with van der Waals surface area (Å²) in [6, 6.07) is 1.52. The highest BCUT2D eigenvalue weighted by atomic mass is 31.1. The summed E-state index contributed by atoms with van der Waals surface area (Å²) in [4.78, 5) is 24.3. The highest BCUT2D eigenvalue weighted by Gasteiger charge is 2.50. The number of nitrogen functional groups attached to an aromatic ring is 1. The molecule has 12 nitrogen and oxygen atoms in total. The quantitative estimate of drug-likeness (QED) is 0.0335. The molecule has 0 radical (unpaired) electrons. The fourth-order valence-corrected chi connectivity index (χ4v) is 6.86. The smallest absolute Gasteiger partial charge is 0.464 e. The molecule has 4 N–H and O–H groups in total. The number of halogens is 3. The summed E-state index contributed by atoms with van der Waals surface area (Å²) in [6.07, 6.45) is 17.0. The summed E-state index contributed by atoms with van der Waals surface area (Å²) >= 11 is 0. The van der Waals surface area contributed by atoms with Crippen LogP contribution in [0.15, 0.2) is 24.5 Å². The third kappa shape index (κ3) is 11.7. The molecule has 0 saturated carbocycles. The number of esters is 1. The van der Waals surface area contributed by atoms with Crippen LogP contribution in [0.2, 0.25) is 0 Å². The van der Waals surface area contributed by atoms with Crippen LogP contribution >= 0.6 is 8.18 Å². The van der Waals surface area contributed by atoms with Crippen molar-refractivity contribution >= 4 is 31.1 Å². The number of carbonyl (C=O) groups excluding carboxylic acids is 1. The lowest BCUT2D eigenvalue weighted by molar-refractivity contribution is -0.145. The maximum absolute atomic E-state index is 13.9. The first-order chi connectivity index (χ1) is 24.5. The monoisotopic (exact) mass is 735 g/mol. The van der Waals surface area contributed by atoms with E-state index >= 15 is 0 Å². The zero-order valence-corrected chi connectivity index (χ0v) is 29.8. The number of imidazole rings is 1. The van der Waals surface area contributed by atoms with Gasteiger partial charge in [-0.3, -0.25) is 9.36 Å². The highest BCUT2D eigenvalue weighted by Crippen LogP contribution is 2.39. The zero-order valence-electron chi connectivity index (χ0n) is 28.9. The molecule has 1 aliphatic heterocycles. The zero-order chi connectivity index (χ0) is 36.8. The van der Waals surface area contributed by atoms with Gasteiger partial charge in [0, 0.05) is 18.9 Å². The normalized spacial score (nSPS) is 19.6. The fourth-order valence-electron chi connectivity index (χ4n) is 6.03. The van der Waals surface area contributed by atoms with Gasteiger partial charge in [-0.2, -0.15) is 14.4 Å². The van der Waals surface area contributed by atoms with E-state index < -0.39 is 62.4 Å². The largest absolute Gasteiger partial charge is 0.614 e. The van der Waals surface area contributed by atoms with Crippen LogP contribution in [0.3, 0.4) is 0 Å². The minimum atomic E-state index is -2.85. The topological polar surface area (TPSA) is 164 Å². The third-order valence-corrected chi connectivity index (χ3v) is 9.72. The summed E-state index contributed by atoms with van der Waals surface area (Å²) in [5, 5.41) is 13.4. The maximum Gasteiger partial charge on any atom is 0.614 e. The van der Waals surface area contributed by atoms with Gasteiger partial charge >= 0.3 is 20.2 Å². The summed E-state index contributed by atoms with van der Waals surface area (Å²) in [5.74, 6) is -0.295. The van der Waals surface area contributed by atoms with Crippen LogP contribution in [0.1, 0.15) is 102 Å². The number of nitrogens with zero attached hydrogens (tertiary/aromatic N) is 4. The van der Waals surface area contributed by atoms with Gasteiger partial charge in [0.25, 0.3) is 0 Å². The molecular weight excluding hydrogens is 688 g/mol. The van der Waals surface area contributed by atoms with Crippen LogP contribution in [-0.2, 0) is 29.8 Å². The van der Waals surface area contributed by atoms with Crippen molar-refractivity contribution in [3.8, 4) is 12.3 Å². The number of fused-ring (bicyclic) bond motifs is 1. The first-order valence-corrected chi connectivity index (χ1v) is 18.7. The molecule has 1 aromatic carbocycles. The van der Waals surface area contributed by atoms with Crippen molar-refractivity contribution < 1.29 is 41.6 Å². The van der Waals surface area contributed by atoms with Gasteiger partial charge in [0.1, 0.15) is 30.6 Å². The number of anilines is 1. The van der Waals surface area contributed by atoms with Crippen molar-refractivity contribution in [1.29, 1.82) is 0 Å². The second kappa shape index (κ2) is 19.8. The molecule has 2 aromatic heterocycles. The van der Waals surface area contributed by atoms with Gasteiger partial charge in [-0.05, 0) is 28.7 Å². The van der Waals surface area contributed by atoms with Gasteiger partial charge in [0.05, 0.1) is 12.9 Å². The van der Waals surface area contributed by atoms with Gasteiger partial charge in [-0.25, -0.2) is 13.8 Å². The molecule has 4 rings (SSSR count). The van der Waals surface area contributed by atoms with E-state index in [9.17, 15) is 27.6 Å². The Hall–Kier alpha value is -3.67. The molecule has 1 fully saturated rings. The Labute approximate surface area is 297 Å². The number of nitrogens with two attached hydrogens (primary N) is 1. The molecular formula is C35H47F3N6O6P+. The second-order valence-corrected chi connectivity index (χ2v) is 13.8.